The van der Waals surface area contributed by atoms with Gasteiger partial charge >= 0.3 is 123 Å². The van der Waals surface area contributed by atoms with Gasteiger partial charge in [-0.3, -0.25) is 0 Å². The topological polar surface area (TPSA) is 88.8 Å². The molecular formula is C33H25O5PW. The second-order valence-corrected chi connectivity index (χ2v) is 10.6. The molecular weight excluding hydrogens is 691 g/mol. The van der Waals surface area contributed by atoms with Gasteiger partial charge < -0.3 is 0 Å². The zero-order valence-corrected chi connectivity index (χ0v) is 25.5. The van der Waals surface area contributed by atoms with Crippen LogP contribution in [-0.4, -0.2) is 10.7 Å². The number of hydrogen-bond acceptors (Lipinski definition) is 1. The van der Waals surface area contributed by atoms with Crippen molar-refractivity contribution >= 4 is 27.9 Å². The Bertz CT molecular complexity index is 1290. The van der Waals surface area contributed by atoms with E-state index in [4.69, 9.17) is 23.3 Å². The maximum Gasteiger partial charge on any atom is 0.00115 e. The molecule has 4 aromatic rings. The van der Waals surface area contributed by atoms with Gasteiger partial charge in [0.15, 0.2) is 0 Å². The fraction of sp³-hybridized carbons (Fsp3) is 0.0606. The summed E-state index contributed by atoms with van der Waals surface area (Å²) < 4.78 is 36.5. The largest absolute Gasteiger partial charge is 0.0622 e. The summed E-state index contributed by atoms with van der Waals surface area (Å²) in [6, 6.07) is 42.7. The van der Waals surface area contributed by atoms with Crippen molar-refractivity contribution in [3.8, 4) is 0 Å². The molecule has 0 fully saturated rings. The van der Waals surface area contributed by atoms with Crippen molar-refractivity contribution in [1.29, 1.82) is 0 Å². The molecule has 0 radical (unpaired) electrons. The van der Waals surface area contributed by atoms with E-state index in [0.717, 1.165) is 10.7 Å². The first-order valence-electron chi connectivity index (χ1n) is 11.5. The molecule has 40 heavy (non-hydrogen) atoms. The van der Waals surface area contributed by atoms with Crippen LogP contribution in [0.2, 0.25) is 0 Å². The van der Waals surface area contributed by atoms with Crippen LogP contribution >= 0.6 is 7.92 Å². The summed E-state index contributed by atoms with van der Waals surface area (Å²) in [5.74, 6) is 0. The van der Waals surface area contributed by atoms with Gasteiger partial charge in [0.25, 0.3) is 0 Å². The maximum atomic E-state index is 7.50. The van der Waals surface area contributed by atoms with Crippen LogP contribution in [0.15, 0.2) is 121 Å². The first kappa shape index (κ1) is 36.5. The van der Waals surface area contributed by atoms with Gasteiger partial charge in [-0.15, -0.1) is 0 Å². The van der Waals surface area contributed by atoms with Crippen molar-refractivity contribution in [3.05, 3.63) is 165 Å². The van der Waals surface area contributed by atoms with Gasteiger partial charge in [0.1, 0.15) is 0 Å². The van der Waals surface area contributed by atoms with Gasteiger partial charge in [-0.25, -0.2) is 0 Å². The van der Waals surface area contributed by atoms with E-state index in [2.05, 4.69) is 130 Å². The molecule has 0 saturated carbocycles. The van der Waals surface area contributed by atoms with Crippen molar-refractivity contribution in [2.24, 2.45) is 0 Å². The van der Waals surface area contributed by atoms with Crippen LogP contribution in [0.1, 0.15) is 23.6 Å². The normalized spacial score (nSPS) is 10.3. The quantitative estimate of drug-likeness (QED) is 0.121. The summed E-state index contributed by atoms with van der Waals surface area (Å²) in [5, 5.41) is 4.51. The molecule has 5 nitrogen and oxygen atoms in total. The molecule has 0 amide bonds. The van der Waals surface area contributed by atoms with E-state index in [-0.39, 0.29) is 7.92 Å². The van der Waals surface area contributed by atoms with Crippen molar-refractivity contribution in [2.45, 2.75) is 6.92 Å². The Morgan fingerprint density at radius 1 is 0.575 bits per heavy atom. The van der Waals surface area contributed by atoms with Crippen LogP contribution in [0.3, 0.4) is 0 Å². The number of ether oxygens (including phenoxy) is 1. The average molecular weight is 716 g/mol. The zero-order valence-electron chi connectivity index (χ0n) is 21.7. The summed E-state index contributed by atoms with van der Waals surface area (Å²) in [6.07, 6.45) is 0. The van der Waals surface area contributed by atoms with Crippen molar-refractivity contribution < 1.29 is 42.7 Å². The number of hydrogen-bond donors (Lipinski definition) is 0. The van der Waals surface area contributed by atoms with Gasteiger partial charge in [0.05, 0.1) is 0 Å². The molecule has 4 aromatic carbocycles. The molecule has 0 N–H and O–H groups in total. The minimum atomic E-state index is -0.292. The predicted octanol–water partition coefficient (Wildman–Crippen LogP) is 6.93. The van der Waals surface area contributed by atoms with Crippen LogP contribution in [0.4, 0.5) is 0 Å². The average Bonchev–Trinajstić information content (AvgIpc) is 3.83. The maximum absolute atomic E-state index is 7.50. The van der Waals surface area contributed by atoms with Crippen LogP contribution < -0.4 is 5.30 Å². The van der Waals surface area contributed by atoms with Crippen LogP contribution in [0.25, 0.3) is 10.6 Å². The third-order valence-electron chi connectivity index (χ3n) is 5.02. The Morgan fingerprint density at radius 3 is 1.25 bits per heavy atom. The van der Waals surface area contributed by atoms with Crippen molar-refractivity contribution in [3.63, 3.8) is 0 Å². The summed E-state index contributed by atoms with van der Waals surface area (Å²) in [6.45, 7) is 20.8. The van der Waals surface area contributed by atoms with Gasteiger partial charge in [-0.1, -0.05) is 91.0 Å². The van der Waals surface area contributed by atoms with Crippen LogP contribution in [-0.2, 0) is 42.7 Å². The van der Waals surface area contributed by atoms with E-state index >= 15 is 0 Å². The van der Waals surface area contributed by atoms with Gasteiger partial charge in [-0.2, -0.15) is 0 Å². The minimum absolute atomic E-state index is 0.292. The van der Waals surface area contributed by atoms with Gasteiger partial charge in [-0.05, 0) is 24.4 Å². The van der Waals surface area contributed by atoms with E-state index in [1.807, 2.05) is 25.1 Å². The molecule has 0 saturated heterocycles. The monoisotopic (exact) mass is 716 g/mol. The van der Waals surface area contributed by atoms with Crippen LogP contribution in [0.5, 0.6) is 0 Å². The van der Waals surface area contributed by atoms with Crippen molar-refractivity contribution in [1.82, 2.24) is 0 Å². The third-order valence-corrected chi connectivity index (χ3v) is 8.73. The molecule has 1 heterocycles. The van der Waals surface area contributed by atoms with E-state index in [0.29, 0.717) is 0 Å². The fourth-order valence-corrected chi connectivity index (χ4v) is 6.96. The molecule has 0 spiro atoms. The minimum Gasteiger partial charge on any atom is -0.0622 e. The zero-order chi connectivity index (χ0) is 30.2. The predicted molar refractivity (Wildman–Crippen MR) is 151 cm³/mol. The second kappa shape index (κ2) is 23.4. The Kier molecular flexibility index (Phi) is 21.4. The number of benzene rings is 4. The van der Waals surface area contributed by atoms with E-state index in [1.165, 1.54) is 52.0 Å². The molecule has 7 heteroatoms. The molecule has 5 rings (SSSR count). The van der Waals surface area contributed by atoms with Crippen LogP contribution in [0, 0.1) is 26.6 Å². The Balaban J connectivity index is 0.000000682. The Morgan fingerprint density at radius 2 is 0.900 bits per heavy atom. The molecule has 0 bridgehead atoms. The summed E-state index contributed by atoms with van der Waals surface area (Å²) >= 11 is 1.38. The molecule has 0 atom stereocenters. The summed E-state index contributed by atoms with van der Waals surface area (Å²) in [7, 11) is -0.292. The second-order valence-electron chi connectivity index (χ2n) is 7.19. The van der Waals surface area contributed by atoms with Gasteiger partial charge in [0, 0.05) is 10.6 Å². The molecule has 0 aliphatic carbocycles. The molecule has 0 unspecified atom stereocenters. The Labute approximate surface area is 248 Å². The molecule has 0 aromatic heterocycles. The molecule has 198 valence electrons. The standard InChI is InChI=1S/C20H15P.C9H10O.4CO.W/c1-4-10-16(11-5-1)19-20(17-12-6-2-7-13-17)21(19)18-14-8-3-9-15-18;1-2-10-8-9-6-4-3-5-7-9;4*1-2;/h1-15H;3-7H,2H2,1H3;;;;;. The van der Waals surface area contributed by atoms with E-state index in [1.54, 1.807) is 0 Å². The summed E-state index contributed by atoms with van der Waals surface area (Å²) in [5.41, 5.74) is 3.93. The smallest absolute Gasteiger partial charge is 0.00115 e. The third kappa shape index (κ3) is 11.7. The Hall–Kier alpha value is -3.47. The first-order chi connectivity index (χ1) is 19.8. The van der Waals surface area contributed by atoms with E-state index < -0.39 is 0 Å². The molecule has 1 aliphatic heterocycles. The van der Waals surface area contributed by atoms with E-state index in [9.17, 15) is 0 Å². The summed E-state index contributed by atoms with van der Waals surface area (Å²) in [4.78, 5) is 0. The fourth-order valence-electron chi connectivity index (χ4n) is 3.51. The first-order valence-corrected chi connectivity index (χ1v) is 14.3. The van der Waals surface area contributed by atoms with Crippen molar-refractivity contribution in [2.75, 3.05) is 6.61 Å². The SMILES string of the molecule is CCO[C](=[W])c1ccccc1.[C-]#[O+].[C-]#[O+].[C-]#[O+].[C-]#[O+].c1ccc(C2=C(c3ccccc3)P2c2ccccc2)cc1. The van der Waals surface area contributed by atoms with Gasteiger partial charge in [0.2, 0.25) is 0 Å². The molecule has 1 aliphatic rings. The number of rotatable bonds is 6.